The van der Waals surface area contributed by atoms with Crippen molar-refractivity contribution in [3.8, 4) is 11.5 Å². The largest absolute Gasteiger partial charge is 0.497 e. The van der Waals surface area contributed by atoms with E-state index in [2.05, 4.69) is 5.32 Å². The summed E-state index contributed by atoms with van der Waals surface area (Å²) in [6, 6.07) is 12.6. The van der Waals surface area contributed by atoms with Gasteiger partial charge in [-0.3, -0.25) is 9.59 Å². The molecular weight excluding hydrogens is 385 g/mol. The minimum atomic E-state index is -1.71. The molecule has 0 unspecified atom stereocenters. The minimum absolute atomic E-state index is 0.0336. The molecule has 2 aromatic rings. The van der Waals surface area contributed by atoms with Crippen LogP contribution in [0.2, 0.25) is 0 Å². The van der Waals surface area contributed by atoms with Gasteiger partial charge in [-0.05, 0) is 36.1 Å². The average molecular weight is 413 g/mol. The van der Waals surface area contributed by atoms with Crippen LogP contribution in [0.4, 0.5) is 0 Å². The van der Waals surface area contributed by atoms with E-state index in [-0.39, 0.29) is 25.0 Å². The molecule has 0 saturated heterocycles. The van der Waals surface area contributed by atoms with Gasteiger partial charge in [0.15, 0.2) is 5.78 Å². The maximum atomic E-state index is 12.5. The van der Waals surface area contributed by atoms with Crippen LogP contribution in [0.3, 0.4) is 0 Å². The number of hydrogen-bond acceptors (Lipinski definition) is 6. The Bertz CT molecular complexity index is 870. The summed E-state index contributed by atoms with van der Waals surface area (Å²) >= 11 is 0. The van der Waals surface area contributed by atoms with Gasteiger partial charge in [-0.1, -0.05) is 31.2 Å². The number of carbonyl (C=O) groups is 2. The number of rotatable bonds is 11. The van der Waals surface area contributed by atoms with E-state index in [1.54, 1.807) is 18.2 Å². The third-order valence-electron chi connectivity index (χ3n) is 4.85. The first-order valence-electron chi connectivity index (χ1n) is 9.86. The van der Waals surface area contributed by atoms with E-state index in [1.807, 2.05) is 31.2 Å². The molecule has 3 N–H and O–H groups in total. The summed E-state index contributed by atoms with van der Waals surface area (Å²) in [5.74, 6) is -0.607. The van der Waals surface area contributed by atoms with E-state index in [4.69, 9.17) is 9.47 Å². The number of amides is 1. The van der Waals surface area contributed by atoms with Crippen LogP contribution in [0.15, 0.2) is 42.5 Å². The Morgan fingerprint density at radius 1 is 1.03 bits per heavy atom. The molecule has 0 saturated carbocycles. The quantitative estimate of drug-likeness (QED) is 0.384. The third kappa shape index (κ3) is 6.61. The Morgan fingerprint density at radius 3 is 2.40 bits per heavy atom. The van der Waals surface area contributed by atoms with Crippen molar-refractivity contribution in [2.24, 2.45) is 0 Å². The van der Waals surface area contributed by atoms with Crippen LogP contribution < -0.4 is 14.8 Å². The van der Waals surface area contributed by atoms with E-state index < -0.39 is 19.0 Å². The summed E-state index contributed by atoms with van der Waals surface area (Å²) < 4.78 is 10.3. The van der Waals surface area contributed by atoms with Crippen LogP contribution in [0.1, 0.15) is 41.3 Å². The molecule has 2 rings (SSSR count). The number of benzene rings is 2. The molecule has 0 fully saturated rings. The monoisotopic (exact) mass is 413 g/mol. The molecule has 7 nitrogen and oxygen atoms in total. The minimum Gasteiger partial charge on any atom is -0.497 e. The standard InChI is InChI=1S/C22H28BNO6/c1-4-15-6-5-7-16(12-15)13-21(23(27)28)24-22(26)11-10-19(25)18-9-8-17(29-2)14-20(18)30-3/h5-9,12,14,21,27-28H,4,10-11,13H2,1-3H3,(H,24,26)/t21-/m0/s1. The molecule has 0 aliphatic rings. The number of hydrogen-bond donors (Lipinski definition) is 3. The molecule has 0 aliphatic carbocycles. The number of methoxy groups -OCH3 is 2. The van der Waals surface area contributed by atoms with E-state index >= 15 is 0 Å². The first-order chi connectivity index (χ1) is 14.4. The predicted molar refractivity (Wildman–Crippen MR) is 115 cm³/mol. The lowest BCUT2D eigenvalue weighted by Gasteiger charge is -2.18. The average Bonchev–Trinajstić information content (AvgIpc) is 2.76. The first-order valence-corrected chi connectivity index (χ1v) is 9.86. The summed E-state index contributed by atoms with van der Waals surface area (Å²) in [5, 5.41) is 21.9. The maximum Gasteiger partial charge on any atom is 0.475 e. The zero-order valence-corrected chi connectivity index (χ0v) is 17.6. The molecule has 1 atom stereocenters. The second-order valence-corrected chi connectivity index (χ2v) is 6.95. The van der Waals surface area contributed by atoms with E-state index in [1.165, 1.54) is 14.2 Å². The van der Waals surface area contributed by atoms with Crippen LogP contribution in [-0.2, 0) is 17.6 Å². The van der Waals surface area contributed by atoms with E-state index in [9.17, 15) is 19.6 Å². The van der Waals surface area contributed by atoms with Gasteiger partial charge in [-0.25, -0.2) is 0 Å². The summed E-state index contributed by atoms with van der Waals surface area (Å²) in [4.78, 5) is 24.8. The van der Waals surface area contributed by atoms with Gasteiger partial charge in [-0.2, -0.15) is 0 Å². The lowest BCUT2D eigenvalue weighted by Crippen LogP contribution is -2.47. The molecule has 0 aliphatic heterocycles. The first kappa shape index (κ1) is 23.4. The second-order valence-electron chi connectivity index (χ2n) is 6.95. The van der Waals surface area contributed by atoms with E-state index in [0.29, 0.717) is 17.1 Å². The van der Waals surface area contributed by atoms with Gasteiger partial charge >= 0.3 is 7.12 Å². The summed E-state index contributed by atoms with van der Waals surface area (Å²) in [6.45, 7) is 2.04. The van der Waals surface area contributed by atoms with Gasteiger partial charge < -0.3 is 24.8 Å². The van der Waals surface area contributed by atoms with Crippen molar-refractivity contribution >= 4 is 18.8 Å². The molecule has 0 heterocycles. The third-order valence-corrected chi connectivity index (χ3v) is 4.85. The molecule has 0 spiro atoms. The Balaban J connectivity index is 1.96. The number of nitrogens with one attached hydrogen (secondary N) is 1. The SMILES string of the molecule is CCc1cccc(C[C@H](NC(=O)CCC(=O)c2ccc(OC)cc2OC)B(O)O)c1. The lowest BCUT2D eigenvalue weighted by molar-refractivity contribution is -0.121. The maximum absolute atomic E-state index is 12.5. The zero-order chi connectivity index (χ0) is 22.1. The topological polar surface area (TPSA) is 105 Å². The van der Waals surface area contributed by atoms with Crippen LogP contribution >= 0.6 is 0 Å². The number of ether oxygens (including phenoxy) is 2. The number of carbonyl (C=O) groups excluding carboxylic acids is 2. The smallest absolute Gasteiger partial charge is 0.475 e. The normalized spacial score (nSPS) is 11.5. The predicted octanol–water partition coefficient (Wildman–Crippen LogP) is 1.97. The summed E-state index contributed by atoms with van der Waals surface area (Å²) in [5.41, 5.74) is 2.39. The fraction of sp³-hybridized carbons (Fsp3) is 0.364. The highest BCUT2D eigenvalue weighted by molar-refractivity contribution is 6.43. The molecule has 0 radical (unpaired) electrons. The molecular formula is C22H28BNO6. The summed E-state index contributed by atoms with van der Waals surface area (Å²) in [6.07, 6.45) is 1.03. The zero-order valence-electron chi connectivity index (χ0n) is 17.6. The molecule has 160 valence electrons. The van der Waals surface area contributed by atoms with Gasteiger partial charge in [0.25, 0.3) is 0 Å². The van der Waals surface area contributed by atoms with Crippen molar-refractivity contribution in [1.82, 2.24) is 5.32 Å². The highest BCUT2D eigenvalue weighted by Crippen LogP contribution is 2.26. The van der Waals surface area contributed by atoms with Crippen molar-refractivity contribution in [3.63, 3.8) is 0 Å². The Hall–Kier alpha value is -2.84. The molecule has 1 amide bonds. The number of aryl methyl sites for hydroxylation is 1. The Morgan fingerprint density at radius 2 is 1.77 bits per heavy atom. The molecule has 2 aromatic carbocycles. The van der Waals surface area contributed by atoms with Crippen molar-refractivity contribution in [3.05, 3.63) is 59.2 Å². The van der Waals surface area contributed by atoms with Crippen LogP contribution in [0.25, 0.3) is 0 Å². The van der Waals surface area contributed by atoms with Crippen molar-refractivity contribution < 1.29 is 29.1 Å². The van der Waals surface area contributed by atoms with Crippen molar-refractivity contribution in [2.45, 2.75) is 38.5 Å². The molecule has 8 heteroatoms. The summed E-state index contributed by atoms with van der Waals surface area (Å²) in [7, 11) is 1.26. The van der Waals surface area contributed by atoms with Crippen LogP contribution in [0.5, 0.6) is 11.5 Å². The van der Waals surface area contributed by atoms with Gasteiger partial charge in [0.05, 0.1) is 25.7 Å². The highest BCUT2D eigenvalue weighted by atomic mass is 16.5. The van der Waals surface area contributed by atoms with Gasteiger partial charge in [0.1, 0.15) is 11.5 Å². The Labute approximate surface area is 177 Å². The van der Waals surface area contributed by atoms with Crippen molar-refractivity contribution in [2.75, 3.05) is 14.2 Å². The molecule has 0 aromatic heterocycles. The Kier molecular flexibility index (Phi) is 8.89. The fourth-order valence-corrected chi connectivity index (χ4v) is 3.13. The molecule has 0 bridgehead atoms. The van der Waals surface area contributed by atoms with Gasteiger partial charge in [0.2, 0.25) is 5.91 Å². The van der Waals surface area contributed by atoms with Gasteiger partial charge in [0, 0.05) is 18.9 Å². The highest BCUT2D eigenvalue weighted by Gasteiger charge is 2.26. The second kappa shape index (κ2) is 11.4. The van der Waals surface area contributed by atoms with Crippen LogP contribution in [0, 0.1) is 0 Å². The van der Waals surface area contributed by atoms with E-state index in [0.717, 1.165) is 17.5 Å². The number of ketones is 1. The van der Waals surface area contributed by atoms with Crippen molar-refractivity contribution in [1.29, 1.82) is 0 Å². The molecule has 30 heavy (non-hydrogen) atoms. The fourth-order valence-electron chi connectivity index (χ4n) is 3.13. The van der Waals surface area contributed by atoms with Gasteiger partial charge in [-0.15, -0.1) is 0 Å². The lowest BCUT2D eigenvalue weighted by atomic mass is 9.75. The van der Waals surface area contributed by atoms with Crippen LogP contribution in [-0.4, -0.2) is 49.0 Å². The number of Topliss-reactive ketones (excluding diaryl/α,β-unsaturated/α-hetero) is 1.